The number of nitrogens with zero attached hydrogens (tertiary/aromatic N) is 1. The Kier molecular flexibility index (Phi) is 2.92. The van der Waals surface area contributed by atoms with Crippen LogP contribution in [0.25, 0.3) is 0 Å². The van der Waals surface area contributed by atoms with Crippen LogP contribution in [0.15, 0.2) is 33.7 Å². The van der Waals surface area contributed by atoms with Crippen LogP contribution in [0.4, 0.5) is 13.2 Å². The highest BCUT2D eigenvalue weighted by Crippen LogP contribution is 2.30. The third-order valence-electron chi connectivity index (χ3n) is 1.32. The summed E-state index contributed by atoms with van der Waals surface area (Å²) in [5, 5.41) is 0. The van der Waals surface area contributed by atoms with Crippen LogP contribution in [0.1, 0.15) is 5.56 Å². The van der Waals surface area contributed by atoms with Gasteiger partial charge in [-0.1, -0.05) is 0 Å². The van der Waals surface area contributed by atoms with Crippen LogP contribution in [0.2, 0.25) is 0 Å². The fourth-order valence-corrected chi connectivity index (χ4v) is 1.09. The van der Waals surface area contributed by atoms with Crippen LogP contribution < -0.4 is 0 Å². The molecule has 0 aliphatic rings. The Hall–Kier alpha value is -1.04. The molecule has 0 fully saturated rings. The predicted octanol–water partition coefficient (Wildman–Crippen LogP) is 3.48. The first-order valence-corrected chi connectivity index (χ1v) is 3.98. The van der Waals surface area contributed by atoms with Crippen molar-refractivity contribution < 1.29 is 13.2 Å². The minimum absolute atomic E-state index is 0.392. The summed E-state index contributed by atoms with van der Waals surface area (Å²) in [6.45, 7) is 0. The standard InChI is InChI=1S/C7H4F3NOS/c8-7(9,10)5-1-3-6(4-2-5)13-11-12/h1-4H. The van der Waals surface area contributed by atoms with Crippen LogP contribution in [-0.4, -0.2) is 0 Å². The second kappa shape index (κ2) is 3.78. The molecule has 1 rings (SSSR count). The Balaban J connectivity index is 2.87. The van der Waals surface area contributed by atoms with Crippen LogP contribution in [0.3, 0.4) is 0 Å². The number of alkyl halides is 3. The third kappa shape index (κ3) is 2.73. The van der Waals surface area contributed by atoms with Crippen molar-refractivity contribution in [2.24, 2.45) is 4.58 Å². The van der Waals surface area contributed by atoms with Gasteiger partial charge in [0.15, 0.2) is 0 Å². The van der Waals surface area contributed by atoms with E-state index in [9.17, 15) is 18.1 Å². The van der Waals surface area contributed by atoms with E-state index in [1.54, 1.807) is 0 Å². The molecule has 0 unspecified atom stereocenters. The molecule has 0 radical (unpaired) electrons. The van der Waals surface area contributed by atoms with Gasteiger partial charge in [0.05, 0.1) is 17.5 Å². The summed E-state index contributed by atoms with van der Waals surface area (Å²) in [6, 6.07) is 4.23. The van der Waals surface area contributed by atoms with E-state index in [2.05, 4.69) is 4.58 Å². The molecule has 13 heavy (non-hydrogen) atoms. The van der Waals surface area contributed by atoms with Crippen molar-refractivity contribution in [3.05, 3.63) is 34.7 Å². The third-order valence-corrected chi connectivity index (χ3v) is 1.88. The molecule has 1 aromatic carbocycles. The minimum Gasteiger partial charge on any atom is -0.166 e. The van der Waals surface area contributed by atoms with Gasteiger partial charge in [-0.3, -0.25) is 0 Å². The molecule has 6 heteroatoms. The second-order valence-electron chi connectivity index (χ2n) is 2.19. The number of benzene rings is 1. The van der Waals surface area contributed by atoms with E-state index in [1.165, 1.54) is 12.1 Å². The number of nitroso groups, excluding NO2 is 1. The molecule has 0 spiro atoms. The number of halogens is 3. The van der Waals surface area contributed by atoms with Gasteiger partial charge in [-0.05, 0) is 24.3 Å². The maximum Gasteiger partial charge on any atom is 0.416 e. The minimum atomic E-state index is -4.34. The lowest BCUT2D eigenvalue weighted by atomic mass is 10.2. The molecule has 0 aliphatic heterocycles. The normalized spacial score (nSPS) is 11.3. The second-order valence-corrected chi connectivity index (χ2v) is 2.99. The topological polar surface area (TPSA) is 29.4 Å². The average Bonchev–Trinajstić information content (AvgIpc) is 2.04. The molecule has 0 aliphatic carbocycles. The highest BCUT2D eigenvalue weighted by Gasteiger charge is 2.29. The van der Waals surface area contributed by atoms with Gasteiger partial charge in [0.2, 0.25) is 0 Å². The summed E-state index contributed by atoms with van der Waals surface area (Å²) in [4.78, 5) is 10.1. The quantitative estimate of drug-likeness (QED) is 0.548. The molecule has 0 N–H and O–H groups in total. The molecular formula is C7H4F3NOS. The Morgan fingerprint density at radius 2 is 1.69 bits per heavy atom. The lowest BCUT2D eigenvalue weighted by Crippen LogP contribution is -2.03. The van der Waals surface area contributed by atoms with Crippen molar-refractivity contribution in [2.75, 3.05) is 0 Å². The molecule has 1 aromatic rings. The summed E-state index contributed by atoms with van der Waals surface area (Å²) in [5.74, 6) is 0. The van der Waals surface area contributed by atoms with E-state index < -0.39 is 11.7 Å². The maximum atomic E-state index is 12.0. The summed E-state index contributed by atoms with van der Waals surface area (Å²) < 4.78 is 38.5. The molecule has 0 saturated heterocycles. The molecule has 0 bridgehead atoms. The number of hydrogen-bond acceptors (Lipinski definition) is 3. The van der Waals surface area contributed by atoms with Crippen molar-refractivity contribution in [1.29, 1.82) is 0 Å². The van der Waals surface area contributed by atoms with Crippen LogP contribution in [0, 0.1) is 4.91 Å². The molecular weight excluding hydrogens is 203 g/mol. The first kappa shape index (κ1) is 10.0. The Bertz CT molecular complexity index is 296. The highest BCUT2D eigenvalue weighted by molar-refractivity contribution is 7.98. The first-order valence-electron chi connectivity index (χ1n) is 3.21. The zero-order valence-corrected chi connectivity index (χ0v) is 7.02. The maximum absolute atomic E-state index is 12.0. The van der Waals surface area contributed by atoms with Crippen molar-refractivity contribution in [2.45, 2.75) is 11.1 Å². The Morgan fingerprint density at radius 3 is 2.08 bits per heavy atom. The van der Waals surface area contributed by atoms with Crippen LogP contribution in [-0.2, 0) is 6.18 Å². The Labute approximate surface area is 76.2 Å². The average molecular weight is 207 g/mol. The first-order chi connectivity index (χ1) is 6.04. The smallest absolute Gasteiger partial charge is 0.166 e. The summed E-state index contributed by atoms with van der Waals surface area (Å²) >= 11 is 0.597. The molecule has 0 atom stereocenters. The Morgan fingerprint density at radius 1 is 1.15 bits per heavy atom. The summed E-state index contributed by atoms with van der Waals surface area (Å²) in [7, 11) is 0. The fourth-order valence-electron chi connectivity index (χ4n) is 0.748. The van der Waals surface area contributed by atoms with Gasteiger partial charge >= 0.3 is 6.18 Å². The van der Waals surface area contributed by atoms with Crippen molar-refractivity contribution in [3.63, 3.8) is 0 Å². The van der Waals surface area contributed by atoms with Gasteiger partial charge in [0, 0.05) is 9.48 Å². The van der Waals surface area contributed by atoms with Gasteiger partial charge in [0.1, 0.15) is 0 Å². The highest BCUT2D eigenvalue weighted by atomic mass is 32.2. The summed E-state index contributed by atoms with van der Waals surface area (Å²) in [5.41, 5.74) is -0.734. The van der Waals surface area contributed by atoms with Crippen molar-refractivity contribution in [1.82, 2.24) is 0 Å². The molecule has 0 aromatic heterocycles. The fraction of sp³-hybridized carbons (Fsp3) is 0.143. The zero-order valence-electron chi connectivity index (χ0n) is 6.21. The van der Waals surface area contributed by atoms with E-state index >= 15 is 0 Å². The van der Waals surface area contributed by atoms with E-state index in [0.717, 1.165) is 12.1 Å². The van der Waals surface area contributed by atoms with Gasteiger partial charge in [0.25, 0.3) is 0 Å². The SMILES string of the molecule is O=NSc1ccc(C(F)(F)F)cc1. The number of hydrogen-bond donors (Lipinski definition) is 0. The van der Waals surface area contributed by atoms with E-state index in [0.29, 0.717) is 16.8 Å². The van der Waals surface area contributed by atoms with E-state index in [1.807, 2.05) is 0 Å². The lowest BCUT2D eigenvalue weighted by molar-refractivity contribution is -0.137. The van der Waals surface area contributed by atoms with E-state index in [-0.39, 0.29) is 0 Å². The predicted molar refractivity (Wildman–Crippen MR) is 43.1 cm³/mol. The van der Waals surface area contributed by atoms with Crippen molar-refractivity contribution >= 4 is 11.9 Å². The zero-order chi connectivity index (χ0) is 9.90. The van der Waals surface area contributed by atoms with E-state index in [4.69, 9.17) is 0 Å². The number of rotatable bonds is 2. The van der Waals surface area contributed by atoms with Crippen LogP contribution >= 0.6 is 11.9 Å². The molecule has 0 saturated carbocycles. The van der Waals surface area contributed by atoms with Gasteiger partial charge < -0.3 is 0 Å². The molecule has 0 heterocycles. The lowest BCUT2D eigenvalue weighted by Gasteiger charge is -2.05. The molecule has 70 valence electrons. The largest absolute Gasteiger partial charge is 0.416 e. The van der Waals surface area contributed by atoms with Gasteiger partial charge in [-0.15, -0.1) is 4.91 Å². The van der Waals surface area contributed by atoms with Gasteiger partial charge in [-0.2, -0.15) is 13.2 Å². The van der Waals surface area contributed by atoms with Gasteiger partial charge in [-0.25, -0.2) is 0 Å². The monoisotopic (exact) mass is 207 g/mol. The van der Waals surface area contributed by atoms with Crippen molar-refractivity contribution in [3.8, 4) is 0 Å². The molecule has 2 nitrogen and oxygen atoms in total. The summed E-state index contributed by atoms with van der Waals surface area (Å²) in [6.07, 6.45) is -4.34. The molecule has 0 amide bonds. The van der Waals surface area contributed by atoms with Crippen LogP contribution in [0.5, 0.6) is 0 Å².